The summed E-state index contributed by atoms with van der Waals surface area (Å²) in [6.07, 6.45) is 0.475. The molecule has 1 amide bonds. The Morgan fingerprint density at radius 2 is 2.28 bits per heavy atom. The fourth-order valence-electron chi connectivity index (χ4n) is 1.64. The molecule has 0 aromatic heterocycles. The van der Waals surface area contributed by atoms with E-state index in [0.29, 0.717) is 19.6 Å². The summed E-state index contributed by atoms with van der Waals surface area (Å²) in [6.45, 7) is 0.790. The second-order valence-corrected chi connectivity index (χ2v) is 4.21. The van der Waals surface area contributed by atoms with E-state index in [1.54, 1.807) is 26.3 Å². The molecule has 100 valence electrons. The van der Waals surface area contributed by atoms with Crippen molar-refractivity contribution in [2.75, 3.05) is 20.8 Å². The van der Waals surface area contributed by atoms with Gasteiger partial charge in [-0.2, -0.15) is 0 Å². The molecule has 0 aliphatic heterocycles. The number of ether oxygens (including phenoxy) is 1. The predicted molar refractivity (Wildman–Crippen MR) is 67.3 cm³/mol. The third kappa shape index (κ3) is 4.43. The van der Waals surface area contributed by atoms with Gasteiger partial charge in [0.1, 0.15) is 5.82 Å². The number of methoxy groups -OCH3 is 1. The van der Waals surface area contributed by atoms with Gasteiger partial charge in [-0.3, -0.25) is 4.79 Å². The molecule has 2 N–H and O–H groups in total. The molecule has 0 heterocycles. The molecule has 5 heteroatoms. The Labute approximate surface area is 107 Å². The van der Waals surface area contributed by atoms with Gasteiger partial charge in [0.25, 0.3) is 0 Å². The number of hydrogen-bond acceptors (Lipinski definition) is 3. The van der Waals surface area contributed by atoms with Crippen LogP contribution in [0.1, 0.15) is 12.0 Å². The van der Waals surface area contributed by atoms with Crippen LogP contribution in [0.25, 0.3) is 0 Å². The van der Waals surface area contributed by atoms with Gasteiger partial charge in [0.05, 0.1) is 6.04 Å². The lowest BCUT2D eigenvalue weighted by molar-refractivity contribution is -0.132. The SMILES string of the molecule is COCCC(N)C(=O)N(C)Cc1cccc(F)c1. The largest absolute Gasteiger partial charge is 0.385 e. The van der Waals surface area contributed by atoms with Gasteiger partial charge in [-0.25, -0.2) is 4.39 Å². The number of halogens is 1. The Bertz CT molecular complexity index is 398. The van der Waals surface area contributed by atoms with E-state index in [1.807, 2.05) is 0 Å². The maximum Gasteiger partial charge on any atom is 0.239 e. The van der Waals surface area contributed by atoms with Crippen molar-refractivity contribution < 1.29 is 13.9 Å². The third-order valence-corrected chi connectivity index (χ3v) is 2.64. The maximum atomic E-state index is 13.0. The molecule has 1 atom stereocenters. The minimum atomic E-state index is -0.580. The van der Waals surface area contributed by atoms with Crippen LogP contribution in [0.5, 0.6) is 0 Å². The van der Waals surface area contributed by atoms with Crippen LogP contribution < -0.4 is 5.73 Å². The van der Waals surface area contributed by atoms with Crippen LogP contribution in [0.3, 0.4) is 0 Å². The summed E-state index contributed by atoms with van der Waals surface area (Å²) in [7, 11) is 3.22. The van der Waals surface area contributed by atoms with Crippen LogP contribution >= 0.6 is 0 Å². The van der Waals surface area contributed by atoms with Gasteiger partial charge in [0.15, 0.2) is 0 Å². The summed E-state index contributed by atoms with van der Waals surface area (Å²) in [4.78, 5) is 13.4. The Morgan fingerprint density at radius 3 is 2.89 bits per heavy atom. The summed E-state index contributed by atoms with van der Waals surface area (Å²) in [5.74, 6) is -0.478. The maximum absolute atomic E-state index is 13.0. The summed E-state index contributed by atoms with van der Waals surface area (Å²) in [5, 5.41) is 0. The monoisotopic (exact) mass is 254 g/mol. The van der Waals surface area contributed by atoms with E-state index in [4.69, 9.17) is 10.5 Å². The second-order valence-electron chi connectivity index (χ2n) is 4.21. The van der Waals surface area contributed by atoms with Crippen LogP contribution in [-0.2, 0) is 16.1 Å². The first-order valence-electron chi connectivity index (χ1n) is 5.78. The lowest BCUT2D eigenvalue weighted by Gasteiger charge is -2.21. The number of nitrogens with two attached hydrogens (primary N) is 1. The zero-order valence-corrected chi connectivity index (χ0v) is 10.7. The smallest absolute Gasteiger partial charge is 0.239 e. The van der Waals surface area contributed by atoms with Crippen molar-refractivity contribution in [1.82, 2.24) is 4.90 Å². The predicted octanol–water partition coefficient (Wildman–Crippen LogP) is 1.15. The minimum absolute atomic E-state index is 0.170. The summed E-state index contributed by atoms with van der Waals surface area (Å²) in [5.41, 5.74) is 6.48. The van der Waals surface area contributed by atoms with E-state index >= 15 is 0 Å². The molecule has 0 spiro atoms. The Morgan fingerprint density at radius 1 is 1.56 bits per heavy atom. The van der Waals surface area contributed by atoms with Crippen molar-refractivity contribution >= 4 is 5.91 Å². The van der Waals surface area contributed by atoms with Gasteiger partial charge in [-0.15, -0.1) is 0 Å². The fourth-order valence-corrected chi connectivity index (χ4v) is 1.64. The van der Waals surface area contributed by atoms with Crippen LogP contribution in [0, 0.1) is 5.82 Å². The highest BCUT2D eigenvalue weighted by Gasteiger charge is 2.17. The number of rotatable bonds is 6. The fraction of sp³-hybridized carbons (Fsp3) is 0.462. The zero-order chi connectivity index (χ0) is 13.5. The van der Waals surface area contributed by atoms with E-state index in [9.17, 15) is 9.18 Å². The molecule has 0 fully saturated rings. The number of amides is 1. The van der Waals surface area contributed by atoms with Crippen molar-refractivity contribution in [3.63, 3.8) is 0 Å². The Kier molecular flexibility index (Phi) is 5.74. The number of benzene rings is 1. The van der Waals surface area contributed by atoms with Crippen molar-refractivity contribution in [3.05, 3.63) is 35.6 Å². The summed E-state index contributed by atoms with van der Waals surface area (Å²) >= 11 is 0. The number of carbonyl (C=O) groups is 1. The average molecular weight is 254 g/mol. The van der Waals surface area contributed by atoms with Gasteiger partial charge in [0, 0.05) is 27.3 Å². The van der Waals surface area contributed by atoms with E-state index in [0.717, 1.165) is 5.56 Å². The third-order valence-electron chi connectivity index (χ3n) is 2.64. The first-order chi connectivity index (χ1) is 8.54. The number of carbonyl (C=O) groups excluding carboxylic acids is 1. The average Bonchev–Trinajstić information content (AvgIpc) is 2.35. The first kappa shape index (κ1) is 14.6. The molecule has 0 saturated carbocycles. The molecule has 4 nitrogen and oxygen atoms in total. The first-order valence-corrected chi connectivity index (χ1v) is 5.78. The topological polar surface area (TPSA) is 55.6 Å². The van der Waals surface area contributed by atoms with Gasteiger partial charge in [-0.1, -0.05) is 12.1 Å². The highest BCUT2D eigenvalue weighted by atomic mass is 19.1. The highest BCUT2D eigenvalue weighted by molar-refractivity contribution is 5.81. The standard InChI is InChI=1S/C13H19FN2O2/c1-16(13(17)12(15)6-7-18-2)9-10-4-3-5-11(14)8-10/h3-5,8,12H,6-7,9,15H2,1-2H3. The molecule has 0 radical (unpaired) electrons. The van der Waals surface area contributed by atoms with Gasteiger partial charge in [-0.05, 0) is 24.1 Å². The summed E-state index contributed by atoms with van der Waals surface area (Å²) < 4.78 is 17.9. The van der Waals surface area contributed by atoms with Crippen molar-refractivity contribution in [1.29, 1.82) is 0 Å². The molecule has 0 aliphatic rings. The van der Waals surface area contributed by atoms with E-state index in [2.05, 4.69) is 0 Å². The lowest BCUT2D eigenvalue weighted by Crippen LogP contribution is -2.42. The molecule has 0 bridgehead atoms. The molecule has 18 heavy (non-hydrogen) atoms. The van der Waals surface area contributed by atoms with Gasteiger partial charge >= 0.3 is 0 Å². The molecule has 1 aromatic carbocycles. The lowest BCUT2D eigenvalue weighted by atomic mass is 10.1. The van der Waals surface area contributed by atoms with Gasteiger partial charge in [0.2, 0.25) is 5.91 Å². The number of nitrogens with zero attached hydrogens (tertiary/aromatic N) is 1. The second kappa shape index (κ2) is 7.08. The van der Waals surface area contributed by atoms with Crippen molar-refractivity contribution in [3.8, 4) is 0 Å². The minimum Gasteiger partial charge on any atom is -0.385 e. The van der Waals surface area contributed by atoms with Crippen LogP contribution in [0.4, 0.5) is 4.39 Å². The zero-order valence-electron chi connectivity index (χ0n) is 10.7. The highest BCUT2D eigenvalue weighted by Crippen LogP contribution is 2.07. The number of hydrogen-bond donors (Lipinski definition) is 1. The van der Waals surface area contributed by atoms with Crippen LogP contribution in [0.15, 0.2) is 24.3 Å². The van der Waals surface area contributed by atoms with Crippen molar-refractivity contribution in [2.45, 2.75) is 19.0 Å². The quantitative estimate of drug-likeness (QED) is 0.828. The molecular weight excluding hydrogens is 235 g/mol. The molecule has 1 rings (SSSR count). The normalized spacial score (nSPS) is 12.2. The van der Waals surface area contributed by atoms with Crippen LogP contribution in [0.2, 0.25) is 0 Å². The Balaban J connectivity index is 2.54. The number of likely N-dealkylation sites (N-methyl/N-ethyl adjacent to an activating group) is 1. The van der Waals surface area contributed by atoms with Gasteiger partial charge < -0.3 is 15.4 Å². The van der Waals surface area contributed by atoms with Crippen molar-refractivity contribution in [2.24, 2.45) is 5.73 Å². The van der Waals surface area contributed by atoms with E-state index < -0.39 is 6.04 Å². The summed E-state index contributed by atoms with van der Waals surface area (Å²) in [6, 6.07) is 5.59. The molecule has 0 saturated heterocycles. The molecule has 1 unspecified atom stereocenters. The molecule has 0 aliphatic carbocycles. The van der Waals surface area contributed by atoms with E-state index in [-0.39, 0.29) is 11.7 Å². The Hall–Kier alpha value is -1.46. The van der Waals surface area contributed by atoms with Crippen LogP contribution in [-0.4, -0.2) is 37.6 Å². The molecule has 1 aromatic rings. The van der Waals surface area contributed by atoms with E-state index in [1.165, 1.54) is 17.0 Å². The molecular formula is C13H19FN2O2.